The Labute approximate surface area is 105 Å². The second kappa shape index (κ2) is 4.99. The number of esters is 1. The van der Waals surface area contributed by atoms with E-state index in [1.807, 2.05) is 6.92 Å². The number of hydrogen-bond acceptors (Lipinski definition) is 3. The molecule has 0 saturated carbocycles. The largest absolute Gasteiger partial charge is 0.495 e. The molecule has 0 amide bonds. The third kappa shape index (κ3) is 2.34. The topological polar surface area (TPSA) is 35.5 Å². The number of ether oxygens (including phenoxy) is 2. The third-order valence-corrected chi connectivity index (χ3v) is 4.26. The maximum Gasteiger partial charge on any atom is 0.341 e. The molecule has 0 N–H and O–H groups in total. The van der Waals surface area contributed by atoms with Crippen LogP contribution in [0.3, 0.4) is 0 Å². The first kappa shape index (κ1) is 12.5. The molecule has 0 atom stereocenters. The molecule has 0 aliphatic carbocycles. The summed E-state index contributed by atoms with van der Waals surface area (Å²) in [6, 6.07) is 1.72. The van der Waals surface area contributed by atoms with Crippen molar-refractivity contribution in [2.45, 2.75) is 6.92 Å². The summed E-state index contributed by atoms with van der Waals surface area (Å²) in [5, 5.41) is 0. The Morgan fingerprint density at radius 1 is 1.27 bits per heavy atom. The first-order valence-corrected chi connectivity index (χ1v) is 5.72. The summed E-state index contributed by atoms with van der Waals surface area (Å²) >= 11 is 6.76. The number of carbonyl (C=O) groups excluding carboxylic acids is 1. The lowest BCUT2D eigenvalue weighted by Gasteiger charge is -2.12. The van der Waals surface area contributed by atoms with Crippen LogP contribution >= 0.6 is 31.9 Å². The fourth-order valence-corrected chi connectivity index (χ4v) is 2.18. The summed E-state index contributed by atoms with van der Waals surface area (Å²) < 4.78 is 11.4. The Morgan fingerprint density at radius 2 is 1.87 bits per heavy atom. The highest BCUT2D eigenvalue weighted by atomic mass is 79.9. The number of methoxy groups -OCH3 is 2. The molecule has 1 rings (SSSR count). The molecule has 82 valence electrons. The lowest BCUT2D eigenvalue weighted by atomic mass is 10.1. The number of hydrogen-bond donors (Lipinski definition) is 0. The Hall–Kier alpha value is -0.550. The maximum atomic E-state index is 11.5. The van der Waals surface area contributed by atoms with E-state index in [1.54, 1.807) is 6.07 Å². The van der Waals surface area contributed by atoms with Crippen molar-refractivity contribution in [2.24, 2.45) is 0 Å². The zero-order valence-corrected chi connectivity index (χ0v) is 11.7. The van der Waals surface area contributed by atoms with E-state index in [4.69, 9.17) is 4.74 Å². The van der Waals surface area contributed by atoms with E-state index in [2.05, 4.69) is 36.6 Å². The fourth-order valence-electron chi connectivity index (χ4n) is 1.20. The van der Waals surface area contributed by atoms with Crippen molar-refractivity contribution in [3.8, 4) is 5.75 Å². The summed E-state index contributed by atoms with van der Waals surface area (Å²) in [4.78, 5) is 11.5. The van der Waals surface area contributed by atoms with Gasteiger partial charge in [-0.3, -0.25) is 0 Å². The van der Waals surface area contributed by atoms with Gasteiger partial charge in [0.1, 0.15) is 11.3 Å². The lowest BCUT2D eigenvalue weighted by molar-refractivity contribution is 0.0597. The van der Waals surface area contributed by atoms with Crippen molar-refractivity contribution in [3.63, 3.8) is 0 Å². The van der Waals surface area contributed by atoms with Crippen LogP contribution in [-0.4, -0.2) is 20.2 Å². The molecule has 3 nitrogen and oxygen atoms in total. The zero-order valence-electron chi connectivity index (χ0n) is 8.56. The Bertz CT molecular complexity index is 402. The average molecular weight is 338 g/mol. The normalized spacial score (nSPS) is 9.93. The molecular formula is C10H10Br2O3. The molecule has 0 aromatic heterocycles. The highest BCUT2D eigenvalue weighted by Crippen LogP contribution is 2.38. The number of aryl methyl sites for hydroxylation is 1. The van der Waals surface area contributed by atoms with E-state index in [-0.39, 0.29) is 0 Å². The Morgan fingerprint density at radius 3 is 2.33 bits per heavy atom. The molecule has 5 heteroatoms. The minimum absolute atomic E-state index is 0.410. The third-order valence-electron chi connectivity index (χ3n) is 1.95. The van der Waals surface area contributed by atoms with Gasteiger partial charge in [0, 0.05) is 4.47 Å². The average Bonchev–Trinajstić information content (AvgIpc) is 2.24. The van der Waals surface area contributed by atoms with E-state index in [1.165, 1.54) is 14.2 Å². The van der Waals surface area contributed by atoms with Gasteiger partial charge in [0.2, 0.25) is 0 Å². The van der Waals surface area contributed by atoms with Crippen LogP contribution in [0.4, 0.5) is 0 Å². The van der Waals surface area contributed by atoms with Crippen LogP contribution in [0.5, 0.6) is 5.75 Å². The van der Waals surface area contributed by atoms with Crippen LogP contribution in [0.1, 0.15) is 15.9 Å². The van der Waals surface area contributed by atoms with E-state index < -0.39 is 5.97 Å². The highest BCUT2D eigenvalue weighted by molar-refractivity contribution is 9.13. The Kier molecular flexibility index (Phi) is 4.16. The van der Waals surface area contributed by atoms with Gasteiger partial charge in [-0.15, -0.1) is 0 Å². The SMILES string of the molecule is COC(=O)c1cc(C)c(Br)c(Br)c1OC. The van der Waals surface area contributed by atoms with Crippen molar-refractivity contribution in [3.05, 3.63) is 26.1 Å². The van der Waals surface area contributed by atoms with Gasteiger partial charge in [-0.05, 0) is 50.4 Å². The monoisotopic (exact) mass is 336 g/mol. The van der Waals surface area contributed by atoms with Crippen LogP contribution in [0.25, 0.3) is 0 Å². The molecule has 1 aromatic carbocycles. The standard InChI is InChI=1S/C10H10Br2O3/c1-5-4-6(10(13)15-3)9(14-2)8(12)7(5)11/h4H,1-3H3. The molecule has 0 spiro atoms. The molecule has 0 saturated heterocycles. The molecule has 1 aromatic rings. The number of rotatable bonds is 2. The highest BCUT2D eigenvalue weighted by Gasteiger charge is 2.19. The summed E-state index contributed by atoms with van der Waals surface area (Å²) in [6.45, 7) is 1.89. The minimum atomic E-state index is -0.414. The van der Waals surface area contributed by atoms with Gasteiger partial charge in [-0.25, -0.2) is 4.79 Å². The van der Waals surface area contributed by atoms with Crippen molar-refractivity contribution in [1.82, 2.24) is 0 Å². The first-order chi connectivity index (χ1) is 7.02. The van der Waals surface area contributed by atoms with Crippen LogP contribution in [0.15, 0.2) is 15.0 Å². The van der Waals surface area contributed by atoms with Gasteiger partial charge < -0.3 is 9.47 Å². The zero-order chi connectivity index (χ0) is 11.6. The molecule has 0 unspecified atom stereocenters. The second-order valence-corrected chi connectivity index (χ2v) is 4.48. The molecular weight excluding hydrogens is 328 g/mol. The molecule has 0 radical (unpaired) electrons. The van der Waals surface area contributed by atoms with E-state index in [0.29, 0.717) is 15.8 Å². The van der Waals surface area contributed by atoms with Crippen molar-refractivity contribution in [2.75, 3.05) is 14.2 Å². The summed E-state index contributed by atoms with van der Waals surface area (Å²) in [6.07, 6.45) is 0. The van der Waals surface area contributed by atoms with Crippen molar-refractivity contribution < 1.29 is 14.3 Å². The summed E-state index contributed by atoms with van der Waals surface area (Å²) in [5.41, 5.74) is 1.34. The number of halogens is 2. The van der Waals surface area contributed by atoms with E-state index >= 15 is 0 Å². The van der Waals surface area contributed by atoms with Gasteiger partial charge in [0.15, 0.2) is 0 Å². The molecule has 0 heterocycles. The molecule has 0 aliphatic heterocycles. The second-order valence-electron chi connectivity index (χ2n) is 2.89. The van der Waals surface area contributed by atoms with Crippen molar-refractivity contribution >= 4 is 37.8 Å². The molecule has 15 heavy (non-hydrogen) atoms. The summed E-state index contributed by atoms with van der Waals surface area (Å²) in [7, 11) is 2.85. The van der Waals surface area contributed by atoms with Crippen LogP contribution in [0, 0.1) is 6.92 Å². The van der Waals surface area contributed by atoms with Gasteiger partial charge in [0.05, 0.1) is 18.7 Å². The number of benzene rings is 1. The van der Waals surface area contributed by atoms with Crippen LogP contribution < -0.4 is 4.74 Å². The van der Waals surface area contributed by atoms with Gasteiger partial charge >= 0.3 is 5.97 Å². The Balaban J connectivity index is 3.45. The number of carbonyl (C=O) groups is 1. The van der Waals surface area contributed by atoms with Crippen LogP contribution in [0.2, 0.25) is 0 Å². The van der Waals surface area contributed by atoms with Gasteiger partial charge in [-0.2, -0.15) is 0 Å². The fraction of sp³-hybridized carbons (Fsp3) is 0.300. The summed E-state index contributed by atoms with van der Waals surface area (Å²) in [5.74, 6) is 0.0578. The first-order valence-electron chi connectivity index (χ1n) is 4.13. The molecule has 0 fully saturated rings. The molecule has 0 aliphatic rings. The van der Waals surface area contributed by atoms with Crippen LogP contribution in [-0.2, 0) is 4.74 Å². The van der Waals surface area contributed by atoms with E-state index in [0.717, 1.165) is 10.0 Å². The molecule has 0 bridgehead atoms. The van der Waals surface area contributed by atoms with E-state index in [9.17, 15) is 4.79 Å². The predicted molar refractivity (Wildman–Crippen MR) is 64.5 cm³/mol. The smallest absolute Gasteiger partial charge is 0.341 e. The maximum absolute atomic E-state index is 11.5. The lowest BCUT2D eigenvalue weighted by Crippen LogP contribution is -2.05. The predicted octanol–water partition coefficient (Wildman–Crippen LogP) is 3.32. The quantitative estimate of drug-likeness (QED) is 0.777. The van der Waals surface area contributed by atoms with Gasteiger partial charge in [0.25, 0.3) is 0 Å². The minimum Gasteiger partial charge on any atom is -0.495 e. The van der Waals surface area contributed by atoms with Crippen molar-refractivity contribution in [1.29, 1.82) is 0 Å². The van der Waals surface area contributed by atoms with Gasteiger partial charge in [-0.1, -0.05) is 0 Å².